The van der Waals surface area contributed by atoms with Crippen LogP contribution in [0.3, 0.4) is 0 Å². The largest absolute Gasteiger partial charge is 0.295 e. The fourth-order valence-electron chi connectivity index (χ4n) is 2.10. The molecule has 22 heavy (non-hydrogen) atoms. The van der Waals surface area contributed by atoms with Gasteiger partial charge in [-0.1, -0.05) is 22.4 Å². The second-order valence-corrected chi connectivity index (χ2v) is 8.01. The summed E-state index contributed by atoms with van der Waals surface area (Å²) < 4.78 is 34.2. The zero-order valence-electron chi connectivity index (χ0n) is 12.3. The van der Waals surface area contributed by atoms with Crippen LogP contribution in [0.2, 0.25) is 0 Å². The second-order valence-electron chi connectivity index (χ2n) is 4.82. The highest BCUT2D eigenvalue weighted by Crippen LogP contribution is 2.20. The first-order chi connectivity index (χ1) is 10.0. The number of hydrogen-bond acceptors (Lipinski definition) is 3. The van der Waals surface area contributed by atoms with Crippen molar-refractivity contribution in [2.24, 2.45) is 0 Å². The topological polar surface area (TPSA) is 84.3 Å². The van der Waals surface area contributed by atoms with Crippen molar-refractivity contribution in [3.05, 3.63) is 56.2 Å². The van der Waals surface area contributed by atoms with Gasteiger partial charge in [0.1, 0.15) is 0 Å². The van der Waals surface area contributed by atoms with E-state index in [1.165, 1.54) is 4.68 Å². The van der Waals surface area contributed by atoms with Gasteiger partial charge in [-0.15, -0.1) is 0 Å². The van der Waals surface area contributed by atoms with Crippen molar-refractivity contribution in [2.45, 2.75) is 25.7 Å². The van der Waals surface area contributed by atoms with E-state index in [1.807, 2.05) is 13.0 Å². The Morgan fingerprint density at radius 3 is 1.73 bits per heavy atom. The van der Waals surface area contributed by atoms with E-state index in [4.69, 9.17) is 10.4 Å². The Kier molecular flexibility index (Phi) is 6.54. The predicted molar refractivity (Wildman–Crippen MR) is 92.7 cm³/mol. The van der Waals surface area contributed by atoms with Crippen molar-refractivity contribution in [1.82, 2.24) is 0 Å². The molecule has 5 nitrogen and oxygen atoms in total. The first-order valence-corrected chi connectivity index (χ1v) is 9.21. The van der Waals surface area contributed by atoms with Crippen LogP contribution in [0.1, 0.15) is 16.7 Å². The third kappa shape index (κ3) is 5.68. The second kappa shape index (κ2) is 7.54. The maximum Gasteiger partial charge on any atom is 0.295 e. The molecule has 0 aliphatic heterocycles. The number of halogens is 2. The molecule has 0 radical (unpaired) electrons. The summed E-state index contributed by atoms with van der Waals surface area (Å²) in [6.45, 7) is 5.22. The summed E-state index contributed by atoms with van der Waals surface area (Å²) in [6, 6.07) is 5.38. The Hall–Kier alpha value is -0.960. The molecule has 0 fully saturated rings. The smallest absolute Gasteiger partial charge is 0.282 e. The van der Waals surface area contributed by atoms with Gasteiger partial charge in [0.15, 0.2) is 0 Å². The molecule has 3 N–H and O–H groups in total. The third-order valence-corrected chi connectivity index (χ3v) is 4.71. The molecule has 8 heteroatoms. The molecule has 120 valence electrons. The van der Waals surface area contributed by atoms with E-state index in [1.54, 1.807) is 38.4 Å². The Balaban J connectivity index is 0.000000235. The lowest BCUT2D eigenvalue weighted by atomic mass is 10.1. The van der Waals surface area contributed by atoms with Crippen molar-refractivity contribution in [3.8, 4) is 0 Å². The number of rotatable bonds is 1. The summed E-state index contributed by atoms with van der Waals surface area (Å²) in [5, 5.41) is 0. The van der Waals surface area contributed by atoms with Crippen LogP contribution in [0.5, 0.6) is 0 Å². The van der Waals surface area contributed by atoms with Crippen molar-refractivity contribution in [2.75, 3.05) is 5.84 Å². The number of nitrogen functional groups attached to an aromatic ring is 1. The number of aromatic nitrogens is 1. The monoisotopic (exact) mass is 451 g/mol. The zero-order chi connectivity index (χ0) is 17.1. The first kappa shape index (κ1) is 19.1. The average molecular weight is 453 g/mol. The number of aryl methyl sites for hydroxylation is 3. The Morgan fingerprint density at radius 2 is 1.41 bits per heavy atom. The highest BCUT2D eigenvalue weighted by molar-refractivity contribution is 9.11. The molecule has 0 aliphatic rings. The molecule has 1 aromatic heterocycles. The van der Waals surface area contributed by atoms with Gasteiger partial charge in [-0.3, -0.25) is 4.55 Å². The van der Waals surface area contributed by atoms with Crippen molar-refractivity contribution in [1.29, 1.82) is 0 Å². The van der Waals surface area contributed by atoms with E-state index >= 15 is 0 Å². The average Bonchev–Trinajstić information content (AvgIpc) is 2.23. The Labute approximate surface area is 147 Å². The van der Waals surface area contributed by atoms with Crippen molar-refractivity contribution >= 4 is 42.0 Å². The molecule has 1 aromatic carbocycles. The molecule has 0 aliphatic carbocycles. The molecule has 0 saturated carbocycles. The van der Waals surface area contributed by atoms with Crippen LogP contribution in [-0.4, -0.2) is 13.0 Å². The maximum atomic E-state index is 10.9. The number of hydrogen-bond donors (Lipinski definition) is 2. The Morgan fingerprint density at radius 1 is 1.00 bits per heavy atom. The standard InChI is InChI=1S/C9H12O3S.C5H5Br2N2/c1-6-4-7(2)9(8(3)5-6)13(10,11)12;6-4-1-5(7)3-9(8)2-4/h4-5H,1-3H3,(H,10,11,12);1-3H,8H2/q;+1. The minimum absolute atomic E-state index is 0.0260. The lowest BCUT2D eigenvalue weighted by Crippen LogP contribution is -2.43. The van der Waals surface area contributed by atoms with Crippen LogP contribution in [-0.2, 0) is 10.1 Å². The molecule has 2 rings (SSSR count). The van der Waals surface area contributed by atoms with Gasteiger partial charge in [0.2, 0.25) is 12.4 Å². The lowest BCUT2D eigenvalue weighted by Gasteiger charge is -2.07. The van der Waals surface area contributed by atoms with E-state index in [2.05, 4.69) is 31.9 Å². The minimum atomic E-state index is -4.08. The van der Waals surface area contributed by atoms with E-state index in [-0.39, 0.29) is 4.90 Å². The Bertz CT molecular complexity index is 719. The molecule has 0 bridgehead atoms. The predicted octanol–water partition coefficient (Wildman–Crippen LogP) is 3.07. The van der Waals surface area contributed by atoms with Crippen LogP contribution in [0.15, 0.2) is 44.4 Å². The number of benzene rings is 1. The van der Waals surface area contributed by atoms with Gasteiger partial charge < -0.3 is 0 Å². The van der Waals surface area contributed by atoms with Gasteiger partial charge in [-0.2, -0.15) is 8.42 Å². The molecular formula is C14H17Br2N2O3S+. The van der Waals surface area contributed by atoms with Crippen molar-refractivity contribution < 1.29 is 17.6 Å². The number of pyridine rings is 1. The SMILES string of the molecule is Cc1cc(C)c(S(=O)(=O)O)c(C)c1.N[n+]1cc(Br)cc(Br)c1. The van der Waals surface area contributed by atoms with Gasteiger partial charge in [0.25, 0.3) is 10.1 Å². The minimum Gasteiger partial charge on any atom is -0.282 e. The van der Waals surface area contributed by atoms with Crippen LogP contribution in [0.4, 0.5) is 0 Å². The van der Waals surface area contributed by atoms with Gasteiger partial charge in [0, 0.05) is 0 Å². The third-order valence-electron chi connectivity index (χ3n) is 2.68. The summed E-state index contributed by atoms with van der Waals surface area (Å²) in [5.41, 5.74) is 2.16. The highest BCUT2D eigenvalue weighted by Gasteiger charge is 2.15. The highest BCUT2D eigenvalue weighted by atomic mass is 79.9. The van der Waals surface area contributed by atoms with Crippen LogP contribution < -0.4 is 10.5 Å². The normalized spacial score (nSPS) is 10.8. The summed E-state index contributed by atoms with van der Waals surface area (Å²) in [7, 11) is -4.08. The number of nitrogens with two attached hydrogens (primary N) is 1. The quantitative estimate of drug-likeness (QED) is 0.395. The molecule has 0 atom stereocenters. The molecule has 0 saturated heterocycles. The zero-order valence-corrected chi connectivity index (χ0v) is 16.3. The summed E-state index contributed by atoms with van der Waals surface area (Å²) in [4.78, 5) is 0.0260. The van der Waals surface area contributed by atoms with E-state index in [0.29, 0.717) is 11.1 Å². The molecule has 1 heterocycles. The molecule has 0 unspecified atom stereocenters. The van der Waals surface area contributed by atoms with Gasteiger partial charge in [-0.05, 0) is 69.8 Å². The van der Waals surface area contributed by atoms with Crippen LogP contribution in [0, 0.1) is 20.8 Å². The van der Waals surface area contributed by atoms with Crippen molar-refractivity contribution in [3.63, 3.8) is 0 Å². The molecular weight excluding hydrogens is 436 g/mol. The van der Waals surface area contributed by atoms with Gasteiger partial charge >= 0.3 is 0 Å². The van der Waals surface area contributed by atoms with E-state index in [9.17, 15) is 8.42 Å². The van der Waals surface area contributed by atoms with E-state index < -0.39 is 10.1 Å². The van der Waals surface area contributed by atoms with Gasteiger partial charge in [0.05, 0.1) is 13.8 Å². The van der Waals surface area contributed by atoms with Crippen LogP contribution in [0.25, 0.3) is 0 Å². The fourth-order valence-corrected chi connectivity index (χ4v) is 4.31. The maximum absolute atomic E-state index is 10.9. The molecule has 0 amide bonds. The first-order valence-electron chi connectivity index (χ1n) is 6.18. The summed E-state index contributed by atoms with van der Waals surface area (Å²) in [6.07, 6.45) is 3.54. The molecule has 0 spiro atoms. The molecule has 2 aromatic rings. The fraction of sp³-hybridized carbons (Fsp3) is 0.214. The summed E-state index contributed by atoms with van der Waals surface area (Å²) in [5.74, 6) is 5.42. The van der Waals surface area contributed by atoms with E-state index in [0.717, 1.165) is 14.5 Å². The van der Waals surface area contributed by atoms with Gasteiger partial charge in [-0.25, -0.2) is 5.84 Å². The lowest BCUT2D eigenvalue weighted by molar-refractivity contribution is -0.640. The summed E-state index contributed by atoms with van der Waals surface area (Å²) >= 11 is 6.56. The number of nitrogens with zero attached hydrogens (tertiary/aromatic N) is 1. The van der Waals surface area contributed by atoms with Crippen LogP contribution >= 0.6 is 31.9 Å².